The molecule has 1 unspecified atom stereocenters. The highest BCUT2D eigenvalue weighted by Gasteiger charge is 2.21. The van der Waals surface area contributed by atoms with Crippen molar-refractivity contribution in [2.45, 2.75) is 13.0 Å². The number of nitrogens with zero attached hydrogens (tertiary/aromatic N) is 1. The van der Waals surface area contributed by atoms with E-state index in [1.807, 2.05) is 0 Å². The number of hydrogen-bond acceptors (Lipinski definition) is 2. The summed E-state index contributed by atoms with van der Waals surface area (Å²) < 4.78 is 14.1. The Labute approximate surface area is 116 Å². The number of likely N-dealkylation sites (tertiary alicyclic amines) is 1. The van der Waals surface area contributed by atoms with E-state index in [-0.39, 0.29) is 18.2 Å². The van der Waals surface area contributed by atoms with E-state index in [0.29, 0.717) is 5.92 Å². The zero-order chi connectivity index (χ0) is 11.5. The van der Waals surface area contributed by atoms with Crippen molar-refractivity contribution in [1.29, 1.82) is 0 Å². The van der Waals surface area contributed by atoms with E-state index in [0.717, 1.165) is 42.6 Å². The van der Waals surface area contributed by atoms with Crippen LogP contribution in [0.1, 0.15) is 12.0 Å². The Morgan fingerprint density at radius 2 is 2.24 bits per heavy atom. The topological polar surface area (TPSA) is 29.3 Å². The highest BCUT2D eigenvalue weighted by molar-refractivity contribution is 9.10. The van der Waals surface area contributed by atoms with Crippen molar-refractivity contribution in [2.24, 2.45) is 11.7 Å². The Kier molecular flexibility index (Phi) is 5.86. The molecule has 0 bridgehead atoms. The highest BCUT2D eigenvalue weighted by Crippen LogP contribution is 2.23. The number of nitrogens with two attached hydrogens (primary N) is 1. The first-order valence-corrected chi connectivity index (χ1v) is 6.34. The minimum atomic E-state index is -0.173. The molecule has 1 fully saturated rings. The smallest absolute Gasteiger partial charge is 0.123 e. The third kappa shape index (κ3) is 3.91. The molecule has 0 aromatic heterocycles. The highest BCUT2D eigenvalue weighted by atomic mass is 79.9. The van der Waals surface area contributed by atoms with Crippen LogP contribution in [0, 0.1) is 11.7 Å². The van der Waals surface area contributed by atoms with Crippen LogP contribution in [0.15, 0.2) is 22.7 Å². The predicted molar refractivity (Wildman–Crippen MR) is 73.8 cm³/mol. The van der Waals surface area contributed by atoms with E-state index in [1.165, 1.54) is 6.07 Å². The summed E-state index contributed by atoms with van der Waals surface area (Å²) in [6, 6.07) is 4.83. The van der Waals surface area contributed by atoms with E-state index >= 15 is 0 Å². The maximum Gasteiger partial charge on any atom is 0.123 e. The Hall–Kier alpha value is -0.160. The Morgan fingerprint density at radius 1 is 1.47 bits per heavy atom. The van der Waals surface area contributed by atoms with Gasteiger partial charge in [-0.25, -0.2) is 4.39 Å². The van der Waals surface area contributed by atoms with Gasteiger partial charge in [0.15, 0.2) is 0 Å². The predicted octanol–water partition coefficient (Wildman–Crippen LogP) is 2.79. The second-order valence-corrected chi connectivity index (χ2v) is 5.22. The van der Waals surface area contributed by atoms with Gasteiger partial charge in [-0.05, 0) is 49.2 Å². The van der Waals surface area contributed by atoms with Crippen LogP contribution >= 0.6 is 28.3 Å². The number of halogens is 3. The van der Waals surface area contributed by atoms with Crippen molar-refractivity contribution >= 4 is 28.3 Å². The standard InChI is InChI=1S/C12H16BrFN2.ClH/c13-12-2-1-11(14)5-10(12)8-16-4-3-9(6-15)7-16;/h1-2,5,9H,3-4,6-8,15H2;1H. The molecular formula is C12H17BrClFN2. The van der Waals surface area contributed by atoms with Crippen molar-refractivity contribution < 1.29 is 4.39 Å². The molecule has 5 heteroatoms. The molecule has 1 aliphatic rings. The molecule has 96 valence electrons. The molecule has 0 amide bonds. The maximum atomic E-state index is 13.1. The third-order valence-electron chi connectivity index (χ3n) is 3.11. The van der Waals surface area contributed by atoms with Crippen molar-refractivity contribution in [2.75, 3.05) is 19.6 Å². The second-order valence-electron chi connectivity index (χ2n) is 4.36. The Balaban J connectivity index is 0.00000144. The van der Waals surface area contributed by atoms with E-state index in [4.69, 9.17) is 5.73 Å². The molecule has 1 aliphatic heterocycles. The Morgan fingerprint density at radius 3 is 2.88 bits per heavy atom. The van der Waals surface area contributed by atoms with Crippen molar-refractivity contribution in [3.8, 4) is 0 Å². The summed E-state index contributed by atoms with van der Waals surface area (Å²) in [6.45, 7) is 3.64. The molecule has 17 heavy (non-hydrogen) atoms. The van der Waals surface area contributed by atoms with Gasteiger partial charge in [0.1, 0.15) is 5.82 Å². The van der Waals surface area contributed by atoms with Crippen LogP contribution < -0.4 is 5.73 Å². The van der Waals surface area contributed by atoms with Crippen LogP contribution in [0.2, 0.25) is 0 Å². The van der Waals surface area contributed by atoms with Gasteiger partial charge in [-0.2, -0.15) is 0 Å². The van der Waals surface area contributed by atoms with Crippen molar-refractivity contribution in [3.63, 3.8) is 0 Å². The number of hydrogen-bond donors (Lipinski definition) is 1. The molecule has 1 aromatic rings. The van der Waals surface area contributed by atoms with Gasteiger partial charge < -0.3 is 5.73 Å². The number of benzene rings is 1. The molecule has 0 radical (unpaired) electrons. The van der Waals surface area contributed by atoms with E-state index < -0.39 is 0 Å². The fourth-order valence-corrected chi connectivity index (χ4v) is 2.53. The minimum absolute atomic E-state index is 0. The summed E-state index contributed by atoms with van der Waals surface area (Å²) in [7, 11) is 0. The lowest BCUT2D eigenvalue weighted by molar-refractivity contribution is 0.317. The first-order chi connectivity index (χ1) is 7.69. The average Bonchev–Trinajstić information content (AvgIpc) is 2.71. The van der Waals surface area contributed by atoms with Gasteiger partial charge in [0.05, 0.1) is 0 Å². The zero-order valence-electron chi connectivity index (χ0n) is 9.53. The van der Waals surface area contributed by atoms with Gasteiger partial charge in [-0.1, -0.05) is 15.9 Å². The van der Waals surface area contributed by atoms with Gasteiger partial charge in [0.2, 0.25) is 0 Å². The van der Waals surface area contributed by atoms with Crippen LogP contribution in [0.5, 0.6) is 0 Å². The fraction of sp³-hybridized carbons (Fsp3) is 0.500. The second kappa shape index (κ2) is 6.69. The van der Waals surface area contributed by atoms with Gasteiger partial charge in [0, 0.05) is 17.6 Å². The van der Waals surface area contributed by atoms with Crippen molar-refractivity contribution in [3.05, 3.63) is 34.1 Å². The van der Waals surface area contributed by atoms with Crippen LogP contribution in [-0.2, 0) is 6.54 Å². The molecule has 1 atom stereocenters. The summed E-state index contributed by atoms with van der Waals surface area (Å²) >= 11 is 3.45. The molecule has 1 heterocycles. The van der Waals surface area contributed by atoms with Crippen LogP contribution in [-0.4, -0.2) is 24.5 Å². The van der Waals surface area contributed by atoms with E-state index in [2.05, 4.69) is 20.8 Å². The molecule has 0 spiro atoms. The zero-order valence-corrected chi connectivity index (χ0v) is 11.9. The summed E-state index contributed by atoms with van der Waals surface area (Å²) in [5.41, 5.74) is 6.66. The summed E-state index contributed by atoms with van der Waals surface area (Å²) in [5, 5.41) is 0. The van der Waals surface area contributed by atoms with E-state index in [9.17, 15) is 4.39 Å². The molecule has 0 saturated carbocycles. The molecule has 1 aromatic carbocycles. The Bertz CT molecular complexity index is 376. The lowest BCUT2D eigenvalue weighted by atomic mass is 10.1. The monoisotopic (exact) mass is 322 g/mol. The lowest BCUT2D eigenvalue weighted by Crippen LogP contribution is -2.23. The normalized spacial score (nSPS) is 20.3. The molecule has 0 aliphatic carbocycles. The summed E-state index contributed by atoms with van der Waals surface area (Å²) in [4.78, 5) is 2.33. The van der Waals surface area contributed by atoms with Crippen molar-refractivity contribution in [1.82, 2.24) is 4.90 Å². The molecule has 2 rings (SSSR count). The maximum absolute atomic E-state index is 13.1. The molecule has 2 N–H and O–H groups in total. The molecular weight excluding hydrogens is 307 g/mol. The van der Waals surface area contributed by atoms with Crippen LogP contribution in [0.3, 0.4) is 0 Å². The largest absolute Gasteiger partial charge is 0.330 e. The summed E-state index contributed by atoms with van der Waals surface area (Å²) in [6.07, 6.45) is 1.16. The number of rotatable bonds is 3. The summed E-state index contributed by atoms with van der Waals surface area (Å²) in [5.74, 6) is 0.431. The minimum Gasteiger partial charge on any atom is -0.330 e. The SMILES string of the molecule is Cl.NCC1CCN(Cc2cc(F)ccc2Br)C1. The fourth-order valence-electron chi connectivity index (χ4n) is 2.15. The molecule has 1 saturated heterocycles. The van der Waals surface area contributed by atoms with Gasteiger partial charge in [-0.15, -0.1) is 12.4 Å². The van der Waals surface area contributed by atoms with Crippen LogP contribution in [0.25, 0.3) is 0 Å². The third-order valence-corrected chi connectivity index (χ3v) is 3.88. The first-order valence-electron chi connectivity index (χ1n) is 5.55. The van der Waals surface area contributed by atoms with Gasteiger partial charge in [-0.3, -0.25) is 4.90 Å². The van der Waals surface area contributed by atoms with Gasteiger partial charge in [0.25, 0.3) is 0 Å². The average molecular weight is 324 g/mol. The van der Waals surface area contributed by atoms with Gasteiger partial charge >= 0.3 is 0 Å². The van der Waals surface area contributed by atoms with E-state index in [1.54, 1.807) is 12.1 Å². The first kappa shape index (κ1) is 14.9. The van der Waals surface area contributed by atoms with Crippen LogP contribution in [0.4, 0.5) is 4.39 Å². The quantitative estimate of drug-likeness (QED) is 0.927. The lowest BCUT2D eigenvalue weighted by Gasteiger charge is -2.16. The molecule has 2 nitrogen and oxygen atoms in total.